The van der Waals surface area contributed by atoms with Gasteiger partial charge in [-0.25, -0.2) is 4.39 Å². The van der Waals surface area contributed by atoms with E-state index in [-0.39, 0.29) is 17.8 Å². The monoisotopic (exact) mass is 288 g/mol. The normalized spacial score (nSPS) is 16.1. The van der Waals surface area contributed by atoms with E-state index in [1.807, 2.05) is 10.9 Å². The number of aromatic nitrogens is 2. The van der Waals surface area contributed by atoms with Gasteiger partial charge in [0.1, 0.15) is 11.6 Å². The molecule has 2 heterocycles. The van der Waals surface area contributed by atoms with Gasteiger partial charge in [0.05, 0.1) is 6.04 Å². The molecule has 1 aromatic carbocycles. The van der Waals surface area contributed by atoms with Crippen molar-refractivity contribution in [3.63, 3.8) is 0 Å². The number of anilines is 1. The van der Waals surface area contributed by atoms with Crippen LogP contribution >= 0.6 is 0 Å². The largest absolute Gasteiger partial charge is 0.382 e. The average Bonchev–Trinajstić information content (AvgIpc) is 2.93. The molecule has 6 heteroatoms. The molecule has 0 unspecified atom stereocenters. The molecule has 0 spiro atoms. The van der Waals surface area contributed by atoms with Gasteiger partial charge in [-0.05, 0) is 37.1 Å². The molecular formula is C15H17FN4O. The third kappa shape index (κ3) is 2.89. The highest BCUT2D eigenvalue weighted by molar-refractivity contribution is 5.94. The third-order valence-corrected chi connectivity index (χ3v) is 3.83. The highest BCUT2D eigenvalue weighted by atomic mass is 19.1. The lowest BCUT2D eigenvalue weighted by Crippen LogP contribution is -2.39. The molecule has 0 radical (unpaired) electrons. The number of carbonyl (C=O) groups is 1. The zero-order valence-corrected chi connectivity index (χ0v) is 11.6. The van der Waals surface area contributed by atoms with Crippen molar-refractivity contribution >= 4 is 11.7 Å². The van der Waals surface area contributed by atoms with Crippen molar-refractivity contribution in [2.45, 2.75) is 18.9 Å². The predicted octanol–water partition coefficient (Wildman–Crippen LogP) is 2.08. The van der Waals surface area contributed by atoms with Gasteiger partial charge in [0.25, 0.3) is 5.91 Å². The van der Waals surface area contributed by atoms with Crippen molar-refractivity contribution in [2.75, 3.05) is 18.8 Å². The standard InChI is InChI=1S/C15H17FN4O/c16-12-3-1-2-11(10-12)15(21)19-7-4-13(5-8-19)20-9-6-14(17)18-20/h1-3,6,9-10,13H,4-5,7-8H2,(H2,17,18). The van der Waals surface area contributed by atoms with Gasteiger partial charge in [0.15, 0.2) is 0 Å². The molecule has 21 heavy (non-hydrogen) atoms. The van der Waals surface area contributed by atoms with E-state index < -0.39 is 0 Å². The first-order chi connectivity index (χ1) is 10.1. The highest BCUT2D eigenvalue weighted by Gasteiger charge is 2.25. The molecule has 1 saturated heterocycles. The van der Waals surface area contributed by atoms with Crippen LogP contribution in [0.1, 0.15) is 29.2 Å². The number of hydrogen-bond donors (Lipinski definition) is 1. The van der Waals surface area contributed by atoms with E-state index in [1.165, 1.54) is 12.1 Å². The van der Waals surface area contributed by atoms with Gasteiger partial charge in [0, 0.05) is 24.8 Å². The smallest absolute Gasteiger partial charge is 0.253 e. The van der Waals surface area contributed by atoms with Crippen LogP contribution in [0.5, 0.6) is 0 Å². The second-order valence-electron chi connectivity index (χ2n) is 5.25. The molecule has 5 nitrogen and oxygen atoms in total. The highest BCUT2D eigenvalue weighted by Crippen LogP contribution is 2.23. The number of halogens is 1. The Kier molecular flexibility index (Phi) is 3.60. The lowest BCUT2D eigenvalue weighted by atomic mass is 10.0. The molecule has 1 aromatic heterocycles. The lowest BCUT2D eigenvalue weighted by Gasteiger charge is -2.32. The first-order valence-electron chi connectivity index (χ1n) is 6.99. The third-order valence-electron chi connectivity index (χ3n) is 3.83. The molecule has 1 aliphatic heterocycles. The van der Waals surface area contributed by atoms with E-state index in [0.29, 0.717) is 24.5 Å². The first-order valence-corrected chi connectivity index (χ1v) is 6.99. The SMILES string of the molecule is Nc1ccn(C2CCN(C(=O)c3cccc(F)c3)CC2)n1. The molecule has 2 N–H and O–H groups in total. The number of amides is 1. The topological polar surface area (TPSA) is 64.2 Å². The summed E-state index contributed by atoms with van der Waals surface area (Å²) in [5.41, 5.74) is 6.02. The van der Waals surface area contributed by atoms with Crippen molar-refractivity contribution in [3.8, 4) is 0 Å². The van der Waals surface area contributed by atoms with E-state index >= 15 is 0 Å². The van der Waals surface area contributed by atoms with Crippen LogP contribution in [0, 0.1) is 5.82 Å². The first kappa shape index (κ1) is 13.6. The number of piperidine rings is 1. The Bertz CT molecular complexity index is 647. The molecule has 0 bridgehead atoms. The van der Waals surface area contributed by atoms with Crippen molar-refractivity contribution in [2.24, 2.45) is 0 Å². The van der Waals surface area contributed by atoms with Gasteiger partial charge in [-0.3, -0.25) is 9.48 Å². The summed E-state index contributed by atoms with van der Waals surface area (Å²) < 4.78 is 15.0. The number of carbonyl (C=O) groups excluding carboxylic acids is 1. The van der Waals surface area contributed by atoms with E-state index in [9.17, 15) is 9.18 Å². The van der Waals surface area contributed by atoms with Crippen LogP contribution in [0.3, 0.4) is 0 Å². The summed E-state index contributed by atoms with van der Waals surface area (Å²) in [5.74, 6) is 0.00366. The molecule has 0 atom stereocenters. The summed E-state index contributed by atoms with van der Waals surface area (Å²) in [7, 11) is 0. The van der Waals surface area contributed by atoms with Crippen LogP contribution in [-0.4, -0.2) is 33.7 Å². The van der Waals surface area contributed by atoms with Crippen LogP contribution in [0.2, 0.25) is 0 Å². The van der Waals surface area contributed by atoms with E-state index in [1.54, 1.807) is 23.1 Å². The second kappa shape index (κ2) is 5.55. The predicted molar refractivity (Wildman–Crippen MR) is 77.2 cm³/mol. The molecule has 1 aliphatic rings. The van der Waals surface area contributed by atoms with E-state index in [0.717, 1.165) is 12.8 Å². The van der Waals surface area contributed by atoms with Gasteiger partial charge < -0.3 is 10.6 Å². The Morgan fingerprint density at radius 2 is 2.05 bits per heavy atom. The van der Waals surface area contributed by atoms with Gasteiger partial charge in [-0.15, -0.1) is 0 Å². The summed E-state index contributed by atoms with van der Waals surface area (Å²) in [6, 6.07) is 7.85. The zero-order chi connectivity index (χ0) is 14.8. The summed E-state index contributed by atoms with van der Waals surface area (Å²) >= 11 is 0. The molecule has 110 valence electrons. The number of rotatable bonds is 2. The Labute approximate surface area is 122 Å². The number of nitrogen functional groups attached to an aromatic ring is 1. The quantitative estimate of drug-likeness (QED) is 0.920. The summed E-state index contributed by atoms with van der Waals surface area (Å²) in [6.45, 7) is 1.28. The number of likely N-dealkylation sites (tertiary alicyclic amines) is 1. The van der Waals surface area contributed by atoms with Gasteiger partial charge in [-0.1, -0.05) is 6.07 Å². The van der Waals surface area contributed by atoms with Crippen LogP contribution in [0.25, 0.3) is 0 Å². The fraction of sp³-hybridized carbons (Fsp3) is 0.333. The minimum Gasteiger partial charge on any atom is -0.382 e. The second-order valence-corrected chi connectivity index (χ2v) is 5.25. The maximum absolute atomic E-state index is 13.2. The Morgan fingerprint density at radius 1 is 1.29 bits per heavy atom. The summed E-state index contributed by atoms with van der Waals surface area (Å²) in [4.78, 5) is 14.1. The van der Waals surface area contributed by atoms with Crippen molar-refractivity contribution in [1.82, 2.24) is 14.7 Å². The summed E-state index contributed by atoms with van der Waals surface area (Å²) in [5, 5.41) is 4.22. The van der Waals surface area contributed by atoms with Crippen molar-refractivity contribution in [1.29, 1.82) is 0 Å². The maximum Gasteiger partial charge on any atom is 0.253 e. The van der Waals surface area contributed by atoms with Crippen molar-refractivity contribution in [3.05, 3.63) is 47.9 Å². The minimum atomic E-state index is -0.386. The Morgan fingerprint density at radius 3 is 2.67 bits per heavy atom. The molecule has 1 fully saturated rings. The lowest BCUT2D eigenvalue weighted by molar-refractivity contribution is 0.0689. The average molecular weight is 288 g/mol. The van der Waals surface area contributed by atoms with Gasteiger partial charge in [0.2, 0.25) is 0 Å². The minimum absolute atomic E-state index is 0.118. The fourth-order valence-corrected chi connectivity index (χ4v) is 2.69. The Balaban J connectivity index is 1.64. The van der Waals surface area contributed by atoms with Gasteiger partial charge in [-0.2, -0.15) is 5.10 Å². The molecule has 2 aromatic rings. The number of nitrogens with zero attached hydrogens (tertiary/aromatic N) is 3. The maximum atomic E-state index is 13.2. The Hall–Kier alpha value is -2.37. The molecule has 0 saturated carbocycles. The molecule has 3 rings (SSSR count). The van der Waals surface area contributed by atoms with E-state index in [4.69, 9.17) is 5.73 Å². The van der Waals surface area contributed by atoms with Crippen LogP contribution in [0.15, 0.2) is 36.5 Å². The van der Waals surface area contributed by atoms with Gasteiger partial charge >= 0.3 is 0 Å². The molecular weight excluding hydrogens is 271 g/mol. The van der Waals surface area contributed by atoms with Crippen LogP contribution in [0.4, 0.5) is 10.2 Å². The number of nitrogens with two attached hydrogens (primary N) is 1. The molecule has 1 amide bonds. The van der Waals surface area contributed by atoms with Crippen molar-refractivity contribution < 1.29 is 9.18 Å². The fourth-order valence-electron chi connectivity index (χ4n) is 2.69. The van der Waals surface area contributed by atoms with E-state index in [2.05, 4.69) is 5.10 Å². The number of hydrogen-bond acceptors (Lipinski definition) is 3. The van der Waals surface area contributed by atoms with Crippen LogP contribution < -0.4 is 5.73 Å². The van der Waals surface area contributed by atoms with Crippen LogP contribution in [-0.2, 0) is 0 Å². The zero-order valence-electron chi connectivity index (χ0n) is 11.6. The number of benzene rings is 1. The molecule has 0 aliphatic carbocycles. The summed E-state index contributed by atoms with van der Waals surface area (Å²) in [6.07, 6.45) is 3.51.